The largest absolute Gasteiger partial charge is 0.500 e. The molecule has 0 aliphatic carbocycles. The summed E-state index contributed by atoms with van der Waals surface area (Å²) in [5, 5.41) is 0. The van der Waals surface area contributed by atoms with Gasteiger partial charge in [-0.1, -0.05) is 29.8 Å². The summed E-state index contributed by atoms with van der Waals surface area (Å²) in [5.74, 6) is -0.800. The Kier molecular flexibility index (Phi) is 8.07. The van der Waals surface area contributed by atoms with Crippen molar-refractivity contribution in [2.75, 3.05) is 14.2 Å². The predicted molar refractivity (Wildman–Crippen MR) is 115 cm³/mol. The summed E-state index contributed by atoms with van der Waals surface area (Å²) in [5.41, 5.74) is 1.06. The summed E-state index contributed by atoms with van der Waals surface area (Å²) < 4.78 is 26.7. The van der Waals surface area contributed by atoms with E-state index in [9.17, 15) is 9.59 Å². The summed E-state index contributed by atoms with van der Waals surface area (Å²) in [6.07, 6.45) is 1.10. The third kappa shape index (κ3) is 7.06. The molecule has 0 aliphatic rings. The maximum atomic E-state index is 13.0. The SMILES string of the molecule is CO/C=C(/Oc1cccc(COc2ccc(C)cc2)c1C(=O)OC(C)(C)C)C(=O)OC. The van der Waals surface area contributed by atoms with Crippen LogP contribution in [0, 0.1) is 6.92 Å². The molecule has 7 heteroatoms. The fourth-order valence-corrected chi connectivity index (χ4v) is 2.58. The number of aryl methyl sites for hydroxylation is 1. The molecule has 0 amide bonds. The van der Waals surface area contributed by atoms with Crippen molar-refractivity contribution in [3.8, 4) is 11.5 Å². The molecular weight excluding hydrogens is 400 g/mol. The maximum Gasteiger partial charge on any atom is 0.377 e. The average molecular weight is 428 g/mol. The van der Waals surface area contributed by atoms with Crippen molar-refractivity contribution in [2.24, 2.45) is 0 Å². The highest BCUT2D eigenvalue weighted by atomic mass is 16.6. The molecule has 0 spiro atoms. The van der Waals surface area contributed by atoms with E-state index < -0.39 is 17.5 Å². The fraction of sp³-hybridized carbons (Fsp3) is 0.333. The van der Waals surface area contributed by atoms with Crippen LogP contribution in [-0.4, -0.2) is 31.8 Å². The number of ether oxygens (including phenoxy) is 5. The van der Waals surface area contributed by atoms with E-state index in [1.165, 1.54) is 14.2 Å². The van der Waals surface area contributed by atoms with Gasteiger partial charge in [0.05, 0.1) is 14.2 Å². The zero-order valence-corrected chi connectivity index (χ0v) is 18.7. The van der Waals surface area contributed by atoms with Crippen LogP contribution in [0.25, 0.3) is 0 Å². The summed E-state index contributed by atoms with van der Waals surface area (Å²) in [6.45, 7) is 7.37. The predicted octanol–water partition coefficient (Wildman–Crippen LogP) is 4.57. The van der Waals surface area contributed by atoms with Gasteiger partial charge in [0, 0.05) is 5.56 Å². The van der Waals surface area contributed by atoms with Crippen LogP contribution in [0.5, 0.6) is 11.5 Å². The molecule has 2 aromatic carbocycles. The third-order valence-electron chi connectivity index (χ3n) is 3.96. The van der Waals surface area contributed by atoms with Crippen LogP contribution in [0.2, 0.25) is 0 Å². The minimum absolute atomic E-state index is 0.0936. The first-order valence-corrected chi connectivity index (χ1v) is 9.68. The molecule has 0 unspecified atom stereocenters. The van der Waals surface area contributed by atoms with Crippen molar-refractivity contribution in [1.82, 2.24) is 0 Å². The lowest BCUT2D eigenvalue weighted by Crippen LogP contribution is -2.25. The highest BCUT2D eigenvalue weighted by molar-refractivity contribution is 5.95. The molecule has 0 atom stereocenters. The van der Waals surface area contributed by atoms with Crippen molar-refractivity contribution < 1.29 is 33.3 Å². The quantitative estimate of drug-likeness (QED) is 0.346. The molecule has 2 aromatic rings. The Morgan fingerprint density at radius 3 is 2.26 bits per heavy atom. The molecule has 0 N–H and O–H groups in total. The van der Waals surface area contributed by atoms with Crippen LogP contribution < -0.4 is 9.47 Å². The van der Waals surface area contributed by atoms with Crippen LogP contribution in [0.1, 0.15) is 42.3 Å². The third-order valence-corrected chi connectivity index (χ3v) is 3.96. The maximum absolute atomic E-state index is 13.0. The number of rotatable bonds is 8. The molecule has 0 saturated heterocycles. The zero-order chi connectivity index (χ0) is 23.0. The lowest BCUT2D eigenvalue weighted by atomic mass is 10.1. The number of hydrogen-bond donors (Lipinski definition) is 0. The van der Waals surface area contributed by atoms with E-state index >= 15 is 0 Å². The van der Waals surface area contributed by atoms with Gasteiger partial charge in [0.1, 0.15) is 35.5 Å². The minimum atomic E-state index is -0.752. The van der Waals surface area contributed by atoms with Gasteiger partial charge in [0.15, 0.2) is 0 Å². The van der Waals surface area contributed by atoms with E-state index in [-0.39, 0.29) is 23.7 Å². The first-order chi connectivity index (χ1) is 14.6. The van der Waals surface area contributed by atoms with E-state index in [4.69, 9.17) is 23.7 Å². The van der Waals surface area contributed by atoms with Gasteiger partial charge in [-0.3, -0.25) is 0 Å². The minimum Gasteiger partial charge on any atom is -0.500 e. The van der Waals surface area contributed by atoms with E-state index in [0.29, 0.717) is 11.3 Å². The number of methoxy groups -OCH3 is 2. The monoisotopic (exact) mass is 428 g/mol. The van der Waals surface area contributed by atoms with Gasteiger partial charge in [0.25, 0.3) is 0 Å². The Balaban J connectivity index is 2.42. The van der Waals surface area contributed by atoms with E-state index in [1.54, 1.807) is 39.0 Å². The topological polar surface area (TPSA) is 80.3 Å². The first-order valence-electron chi connectivity index (χ1n) is 9.68. The van der Waals surface area contributed by atoms with Gasteiger partial charge in [-0.15, -0.1) is 0 Å². The summed E-state index contributed by atoms with van der Waals surface area (Å²) in [4.78, 5) is 25.0. The van der Waals surface area contributed by atoms with Crippen molar-refractivity contribution in [3.63, 3.8) is 0 Å². The van der Waals surface area contributed by atoms with E-state index in [1.807, 2.05) is 31.2 Å². The Morgan fingerprint density at radius 2 is 1.68 bits per heavy atom. The highest BCUT2D eigenvalue weighted by Gasteiger charge is 2.26. The Labute approximate surface area is 182 Å². The van der Waals surface area contributed by atoms with Crippen LogP contribution in [-0.2, 0) is 25.6 Å². The first kappa shape index (κ1) is 23.8. The zero-order valence-electron chi connectivity index (χ0n) is 18.7. The molecule has 166 valence electrons. The Hall–Kier alpha value is -3.48. The summed E-state index contributed by atoms with van der Waals surface area (Å²) in [7, 11) is 2.59. The van der Waals surface area contributed by atoms with Crippen molar-refractivity contribution in [2.45, 2.75) is 39.9 Å². The van der Waals surface area contributed by atoms with Gasteiger partial charge in [-0.25, -0.2) is 9.59 Å². The number of esters is 2. The van der Waals surface area contributed by atoms with Crippen molar-refractivity contribution >= 4 is 11.9 Å². The lowest BCUT2D eigenvalue weighted by molar-refractivity contribution is -0.138. The summed E-state index contributed by atoms with van der Waals surface area (Å²) >= 11 is 0. The highest BCUT2D eigenvalue weighted by Crippen LogP contribution is 2.28. The fourth-order valence-electron chi connectivity index (χ4n) is 2.58. The normalized spacial score (nSPS) is 11.5. The molecule has 2 rings (SSSR count). The smallest absolute Gasteiger partial charge is 0.377 e. The number of carbonyl (C=O) groups excluding carboxylic acids is 2. The number of carbonyl (C=O) groups is 2. The van der Waals surface area contributed by atoms with Gasteiger partial charge in [-0.05, 0) is 45.9 Å². The number of hydrogen-bond acceptors (Lipinski definition) is 7. The molecule has 0 fully saturated rings. The van der Waals surface area contributed by atoms with Crippen LogP contribution in [0.15, 0.2) is 54.5 Å². The molecular formula is C24H28O7. The summed E-state index contributed by atoms with van der Waals surface area (Å²) in [6, 6.07) is 12.5. The van der Waals surface area contributed by atoms with E-state index in [0.717, 1.165) is 11.8 Å². The molecule has 31 heavy (non-hydrogen) atoms. The second-order valence-corrected chi connectivity index (χ2v) is 7.71. The Bertz CT molecular complexity index is 937. The van der Waals surface area contributed by atoms with Gasteiger partial charge in [-0.2, -0.15) is 0 Å². The van der Waals surface area contributed by atoms with Gasteiger partial charge < -0.3 is 23.7 Å². The van der Waals surface area contributed by atoms with Crippen LogP contribution in [0.4, 0.5) is 0 Å². The second-order valence-electron chi connectivity index (χ2n) is 7.71. The van der Waals surface area contributed by atoms with E-state index in [2.05, 4.69) is 0 Å². The van der Waals surface area contributed by atoms with Crippen LogP contribution in [0.3, 0.4) is 0 Å². The molecule has 0 saturated carbocycles. The Morgan fingerprint density at radius 1 is 1.00 bits per heavy atom. The van der Waals surface area contributed by atoms with Crippen LogP contribution >= 0.6 is 0 Å². The number of benzene rings is 2. The van der Waals surface area contributed by atoms with Crippen molar-refractivity contribution in [3.05, 3.63) is 71.2 Å². The second kappa shape index (κ2) is 10.5. The van der Waals surface area contributed by atoms with Crippen molar-refractivity contribution in [1.29, 1.82) is 0 Å². The van der Waals surface area contributed by atoms with Gasteiger partial charge >= 0.3 is 11.9 Å². The lowest BCUT2D eigenvalue weighted by Gasteiger charge is -2.22. The molecule has 0 aliphatic heterocycles. The molecule has 0 bridgehead atoms. The van der Waals surface area contributed by atoms with Gasteiger partial charge in [0.2, 0.25) is 5.76 Å². The standard InChI is InChI=1S/C24H28O7/c1-16-10-12-18(13-11-16)29-14-17-8-7-9-19(21(17)23(26)31-24(2,3)4)30-20(15-27-5)22(25)28-6/h7-13,15H,14H2,1-6H3/b20-15+. The molecule has 0 aromatic heterocycles. The molecule has 7 nitrogen and oxygen atoms in total. The average Bonchev–Trinajstić information content (AvgIpc) is 2.71. The molecule has 0 heterocycles. The molecule has 0 radical (unpaired) electrons.